The first kappa shape index (κ1) is 50.3. The standard InChI is InChI=1S/C27H34N4O3.C23H24F3N3O3.CH4/c1-17-6-5-7-19(14-17)24(33)30-26-29-22-15-20(28-25(34)27(2,3)4)10-13-23(22)31(26)21-11-8-18(16-32)9-12-21;24-23(25,26)17-3-1-2-16(11-17)21(32)28-22-27-19-9-6-15(13-31)10-20(19)29(22)18-7-4-14(12-30)5-8-18;/h5-7,10,13-15,18,21,32H,8-9,11-12,16H2,1-4H3,(H,28,34)(H,29,30,33);1-3,6,9-11,14,18,30-31H,4-5,7-8,12-13H2,(H,27,28,32);1H4. The highest BCUT2D eigenvalue weighted by Gasteiger charge is 2.32. The van der Waals surface area contributed by atoms with Gasteiger partial charge in [-0.05, 0) is 136 Å². The molecule has 2 heterocycles. The first-order chi connectivity index (χ1) is 31.4. The molecule has 2 aromatic heterocycles. The van der Waals surface area contributed by atoms with Crippen molar-refractivity contribution in [1.29, 1.82) is 0 Å². The number of amides is 3. The van der Waals surface area contributed by atoms with Crippen LogP contribution in [0.15, 0.2) is 84.9 Å². The summed E-state index contributed by atoms with van der Waals surface area (Å²) in [6.45, 7) is 7.77. The molecule has 16 heteroatoms. The zero-order valence-corrected chi connectivity index (χ0v) is 37.7. The fourth-order valence-corrected chi connectivity index (χ4v) is 8.79. The molecule has 2 fully saturated rings. The van der Waals surface area contributed by atoms with E-state index in [2.05, 4.69) is 25.5 Å². The number of nitrogens with zero attached hydrogens (tertiary/aromatic N) is 4. The number of hydrogen-bond acceptors (Lipinski definition) is 8. The van der Waals surface area contributed by atoms with Crippen LogP contribution < -0.4 is 16.0 Å². The Hall–Kier alpha value is -6.10. The summed E-state index contributed by atoms with van der Waals surface area (Å²) in [6.07, 6.45) is 2.33. The molecule has 0 bridgehead atoms. The van der Waals surface area contributed by atoms with Crippen molar-refractivity contribution in [2.45, 2.75) is 111 Å². The minimum absolute atomic E-state index is 0. The largest absolute Gasteiger partial charge is 0.416 e. The fraction of sp³-hybridized carbons (Fsp3) is 0.431. The van der Waals surface area contributed by atoms with Gasteiger partial charge < -0.3 is 29.8 Å². The molecule has 13 nitrogen and oxygen atoms in total. The molecule has 358 valence electrons. The third-order valence-electron chi connectivity index (χ3n) is 12.6. The van der Waals surface area contributed by atoms with Crippen LogP contribution in [0.2, 0.25) is 0 Å². The fourth-order valence-electron chi connectivity index (χ4n) is 8.79. The van der Waals surface area contributed by atoms with Crippen LogP contribution in [0.25, 0.3) is 22.1 Å². The maximum atomic E-state index is 13.1. The van der Waals surface area contributed by atoms with E-state index in [0.717, 1.165) is 85.6 Å². The minimum atomic E-state index is -4.55. The highest BCUT2D eigenvalue weighted by molar-refractivity contribution is 6.05. The number of carbonyl (C=O) groups excluding carboxylic acids is 3. The summed E-state index contributed by atoms with van der Waals surface area (Å²) in [4.78, 5) is 47.6. The Bertz CT molecular complexity index is 2690. The number of rotatable bonds is 10. The van der Waals surface area contributed by atoms with Crippen molar-refractivity contribution in [2.75, 3.05) is 29.2 Å². The van der Waals surface area contributed by atoms with Crippen LogP contribution >= 0.6 is 0 Å². The molecule has 0 atom stereocenters. The van der Waals surface area contributed by atoms with E-state index in [4.69, 9.17) is 4.98 Å². The molecule has 2 aliphatic carbocycles. The second-order valence-electron chi connectivity index (χ2n) is 18.6. The molecular weight excluding hydrogens is 864 g/mol. The Morgan fingerprint density at radius 1 is 0.642 bits per heavy atom. The average molecular weight is 926 g/mol. The molecule has 2 saturated carbocycles. The number of aliphatic hydroxyl groups is 3. The molecule has 67 heavy (non-hydrogen) atoms. The van der Waals surface area contributed by atoms with Gasteiger partial charge in [0, 0.05) is 47.5 Å². The number of benzene rings is 4. The number of hydrogen-bond donors (Lipinski definition) is 6. The predicted octanol–water partition coefficient (Wildman–Crippen LogP) is 10.5. The number of nitrogens with one attached hydrogen (secondary N) is 3. The van der Waals surface area contributed by atoms with Gasteiger partial charge >= 0.3 is 6.18 Å². The summed E-state index contributed by atoms with van der Waals surface area (Å²) in [6, 6.07) is 22.9. The van der Waals surface area contributed by atoms with Crippen molar-refractivity contribution >= 4 is 57.4 Å². The number of aromatic nitrogens is 4. The smallest absolute Gasteiger partial charge is 0.396 e. The van der Waals surface area contributed by atoms with Crippen molar-refractivity contribution in [1.82, 2.24) is 19.1 Å². The second kappa shape index (κ2) is 21.2. The highest BCUT2D eigenvalue weighted by Crippen LogP contribution is 2.39. The summed E-state index contributed by atoms with van der Waals surface area (Å²) < 4.78 is 43.2. The molecule has 4 aromatic carbocycles. The van der Waals surface area contributed by atoms with Gasteiger partial charge in [0.25, 0.3) is 11.8 Å². The van der Waals surface area contributed by atoms with Gasteiger partial charge in [-0.2, -0.15) is 13.2 Å². The molecular formula is C51H62F3N7O6. The Kier molecular flexibility index (Phi) is 16.0. The lowest BCUT2D eigenvalue weighted by Crippen LogP contribution is -2.27. The number of aliphatic hydroxyl groups excluding tert-OH is 3. The van der Waals surface area contributed by atoms with Crippen molar-refractivity contribution in [3.05, 3.63) is 113 Å². The van der Waals surface area contributed by atoms with Gasteiger partial charge in [-0.1, -0.05) is 58.0 Å². The monoisotopic (exact) mass is 925 g/mol. The third-order valence-corrected chi connectivity index (χ3v) is 12.6. The number of imidazole rings is 2. The third kappa shape index (κ3) is 11.9. The van der Waals surface area contributed by atoms with Crippen molar-refractivity contribution in [3.63, 3.8) is 0 Å². The molecule has 0 radical (unpaired) electrons. The Labute approximate surface area is 388 Å². The number of halogens is 3. The molecule has 6 aromatic rings. The number of fused-ring (bicyclic) bond motifs is 2. The topological polar surface area (TPSA) is 184 Å². The summed E-state index contributed by atoms with van der Waals surface area (Å²) in [5.41, 5.74) is 4.45. The van der Waals surface area contributed by atoms with E-state index < -0.39 is 23.1 Å². The summed E-state index contributed by atoms with van der Waals surface area (Å²) >= 11 is 0. The van der Waals surface area contributed by atoms with E-state index in [1.165, 1.54) is 12.1 Å². The van der Waals surface area contributed by atoms with Crippen molar-refractivity contribution in [3.8, 4) is 0 Å². The van der Waals surface area contributed by atoms with Crippen molar-refractivity contribution in [2.24, 2.45) is 17.3 Å². The van der Waals surface area contributed by atoms with E-state index in [1.54, 1.807) is 24.3 Å². The van der Waals surface area contributed by atoms with Crippen LogP contribution in [0, 0.1) is 24.2 Å². The van der Waals surface area contributed by atoms with Crippen LogP contribution in [0.5, 0.6) is 0 Å². The number of aryl methyl sites for hydroxylation is 1. The van der Waals surface area contributed by atoms with Gasteiger partial charge in [-0.25, -0.2) is 9.97 Å². The van der Waals surface area contributed by atoms with Crippen LogP contribution in [0.1, 0.15) is 129 Å². The van der Waals surface area contributed by atoms with Crippen LogP contribution in [0.4, 0.5) is 30.8 Å². The molecule has 8 rings (SSSR count). The van der Waals surface area contributed by atoms with Gasteiger partial charge in [0.15, 0.2) is 0 Å². The van der Waals surface area contributed by atoms with Gasteiger partial charge in [-0.3, -0.25) is 25.0 Å². The summed E-state index contributed by atoms with van der Waals surface area (Å²) in [7, 11) is 0. The van der Waals surface area contributed by atoms with Gasteiger partial charge in [0.05, 0.1) is 34.2 Å². The van der Waals surface area contributed by atoms with Crippen molar-refractivity contribution < 1.29 is 42.9 Å². The van der Waals surface area contributed by atoms with Gasteiger partial charge in [-0.15, -0.1) is 0 Å². The van der Waals surface area contributed by atoms with E-state index >= 15 is 0 Å². The lowest BCUT2D eigenvalue weighted by atomic mass is 9.86. The van der Waals surface area contributed by atoms with E-state index in [-0.39, 0.29) is 68.6 Å². The number of carbonyl (C=O) groups is 3. The van der Waals surface area contributed by atoms with Crippen LogP contribution in [-0.4, -0.2) is 65.4 Å². The molecule has 0 aliphatic heterocycles. The molecule has 2 aliphatic rings. The second-order valence-corrected chi connectivity index (χ2v) is 18.6. The first-order valence-corrected chi connectivity index (χ1v) is 22.5. The molecule has 6 N–H and O–H groups in total. The summed E-state index contributed by atoms with van der Waals surface area (Å²) in [5.74, 6) is 0.372. The highest BCUT2D eigenvalue weighted by atomic mass is 19.4. The maximum absolute atomic E-state index is 13.1. The van der Waals surface area contributed by atoms with E-state index in [9.17, 15) is 42.9 Å². The van der Waals surface area contributed by atoms with E-state index in [0.29, 0.717) is 34.2 Å². The quantitative estimate of drug-likeness (QED) is 0.0784. The zero-order chi connectivity index (χ0) is 47.3. The summed E-state index contributed by atoms with van der Waals surface area (Å²) in [5, 5.41) is 37.2. The zero-order valence-electron chi connectivity index (χ0n) is 37.7. The van der Waals surface area contributed by atoms with Gasteiger partial charge in [0.1, 0.15) is 0 Å². The normalized spacial score (nSPS) is 18.7. The number of anilines is 3. The lowest BCUT2D eigenvalue weighted by Gasteiger charge is -2.29. The molecule has 0 saturated heterocycles. The van der Waals surface area contributed by atoms with Crippen LogP contribution in [0.3, 0.4) is 0 Å². The molecule has 0 unspecified atom stereocenters. The minimum Gasteiger partial charge on any atom is -0.396 e. The van der Waals surface area contributed by atoms with E-state index in [1.807, 2.05) is 68.7 Å². The molecule has 3 amide bonds. The predicted molar refractivity (Wildman–Crippen MR) is 255 cm³/mol. The lowest BCUT2D eigenvalue weighted by molar-refractivity contribution is -0.137. The van der Waals surface area contributed by atoms with Crippen LogP contribution in [-0.2, 0) is 17.6 Å². The first-order valence-electron chi connectivity index (χ1n) is 22.5. The van der Waals surface area contributed by atoms with Gasteiger partial charge in [0.2, 0.25) is 17.8 Å². The Morgan fingerprint density at radius 3 is 1.70 bits per heavy atom. The maximum Gasteiger partial charge on any atom is 0.416 e. The SMILES string of the molecule is C.Cc1cccc(C(=O)Nc2nc3cc(NC(=O)C(C)(C)C)ccc3n2C2CCC(CO)CC2)c1.O=C(Nc1nc2ccc(CO)cc2n1C1CCC(CO)CC1)c1cccc(C(F)(F)F)c1. The average Bonchev–Trinajstić information content (AvgIpc) is 3.85. The number of alkyl halides is 3. The Balaban J connectivity index is 0.000000218. The Morgan fingerprint density at radius 2 is 1.18 bits per heavy atom. The molecule has 0 spiro atoms.